The van der Waals surface area contributed by atoms with Crippen molar-refractivity contribution in [2.24, 2.45) is 11.8 Å². The maximum Gasteiger partial charge on any atom is 0.0751 e. The highest BCUT2D eigenvalue weighted by molar-refractivity contribution is 4.98. The smallest absolute Gasteiger partial charge is 0.0751 e. The summed E-state index contributed by atoms with van der Waals surface area (Å²) in [4.78, 5) is 2.50. The van der Waals surface area contributed by atoms with Gasteiger partial charge in [0.25, 0.3) is 0 Å². The number of aliphatic hydroxyl groups excluding tert-OH is 1. The Bertz CT molecular complexity index is 250. The van der Waals surface area contributed by atoms with Crippen molar-refractivity contribution in [1.82, 2.24) is 4.90 Å². The molecule has 2 heteroatoms. The van der Waals surface area contributed by atoms with E-state index in [0.717, 1.165) is 31.8 Å². The number of aliphatic hydroxyl groups is 1. The molecule has 0 spiro atoms. The van der Waals surface area contributed by atoms with E-state index in [2.05, 4.69) is 39.5 Å². The fourth-order valence-electron chi connectivity index (χ4n) is 4.51. The van der Waals surface area contributed by atoms with Crippen molar-refractivity contribution in [3.05, 3.63) is 0 Å². The molecule has 20 heavy (non-hydrogen) atoms. The van der Waals surface area contributed by atoms with Gasteiger partial charge in [-0.05, 0) is 50.6 Å². The molecule has 0 heterocycles. The zero-order valence-corrected chi connectivity index (χ0v) is 14.5. The molecule has 0 amide bonds. The lowest BCUT2D eigenvalue weighted by Crippen LogP contribution is -2.58. The van der Waals surface area contributed by atoms with Crippen molar-refractivity contribution < 1.29 is 5.11 Å². The van der Waals surface area contributed by atoms with E-state index in [4.69, 9.17) is 0 Å². The molecule has 1 atom stereocenters. The van der Waals surface area contributed by atoms with E-state index in [1.807, 2.05) is 0 Å². The van der Waals surface area contributed by atoms with Gasteiger partial charge in [0, 0.05) is 5.54 Å². The lowest BCUT2D eigenvalue weighted by atomic mass is 9.71. The molecular formula is C18H37NO. The van der Waals surface area contributed by atoms with Crippen LogP contribution in [-0.4, -0.2) is 34.7 Å². The Balaban J connectivity index is 2.81. The van der Waals surface area contributed by atoms with Gasteiger partial charge in [-0.1, -0.05) is 53.9 Å². The van der Waals surface area contributed by atoms with Crippen LogP contribution in [0.1, 0.15) is 79.6 Å². The second-order valence-corrected chi connectivity index (χ2v) is 6.62. The third kappa shape index (κ3) is 3.57. The molecule has 0 bridgehead atoms. The molecule has 1 saturated carbocycles. The van der Waals surface area contributed by atoms with Gasteiger partial charge in [-0.25, -0.2) is 0 Å². The summed E-state index contributed by atoms with van der Waals surface area (Å²) in [5, 5.41) is 11.1. The van der Waals surface area contributed by atoms with E-state index in [9.17, 15) is 5.11 Å². The minimum atomic E-state index is -0.157. The zero-order valence-electron chi connectivity index (χ0n) is 14.5. The highest BCUT2D eigenvalue weighted by Gasteiger charge is 2.43. The molecule has 0 saturated heterocycles. The predicted octanol–water partition coefficient (Wildman–Crippen LogP) is 4.46. The first kappa shape index (κ1) is 18.0. The number of hydrogen-bond donors (Lipinski definition) is 1. The number of likely N-dealkylation sites (N-methyl/N-ethyl adjacent to an activating group) is 1. The number of hydrogen-bond acceptors (Lipinski definition) is 2. The van der Waals surface area contributed by atoms with Crippen molar-refractivity contribution in [1.29, 1.82) is 0 Å². The topological polar surface area (TPSA) is 23.5 Å². The summed E-state index contributed by atoms with van der Waals surface area (Å²) in [7, 11) is 0. The molecule has 0 aromatic heterocycles. The van der Waals surface area contributed by atoms with Crippen LogP contribution < -0.4 is 0 Å². The molecule has 0 radical (unpaired) electrons. The summed E-state index contributed by atoms with van der Waals surface area (Å²) in [6.07, 6.45) is 8.35. The average Bonchev–Trinajstić information content (AvgIpc) is 2.52. The Morgan fingerprint density at radius 2 is 1.45 bits per heavy atom. The number of rotatable bonds is 8. The molecule has 1 unspecified atom stereocenters. The van der Waals surface area contributed by atoms with Gasteiger partial charge in [0.15, 0.2) is 0 Å². The molecule has 120 valence electrons. The van der Waals surface area contributed by atoms with Crippen molar-refractivity contribution in [2.75, 3.05) is 13.1 Å². The summed E-state index contributed by atoms with van der Waals surface area (Å²) in [6, 6.07) is 0. The minimum Gasteiger partial charge on any atom is -0.391 e. The van der Waals surface area contributed by atoms with Crippen LogP contribution in [-0.2, 0) is 0 Å². The largest absolute Gasteiger partial charge is 0.391 e. The van der Waals surface area contributed by atoms with Gasteiger partial charge < -0.3 is 5.11 Å². The van der Waals surface area contributed by atoms with Gasteiger partial charge in [0.1, 0.15) is 0 Å². The van der Waals surface area contributed by atoms with E-state index in [0.29, 0.717) is 5.92 Å². The Kier molecular flexibility index (Phi) is 7.53. The summed E-state index contributed by atoms with van der Waals surface area (Å²) in [5.74, 6) is 1.42. The van der Waals surface area contributed by atoms with Crippen LogP contribution in [0.3, 0.4) is 0 Å². The number of nitrogens with zero attached hydrogens (tertiary/aromatic N) is 1. The van der Waals surface area contributed by atoms with Gasteiger partial charge in [0.05, 0.1) is 6.10 Å². The summed E-state index contributed by atoms with van der Waals surface area (Å²) >= 11 is 0. The Hall–Kier alpha value is -0.0800. The highest BCUT2D eigenvalue weighted by atomic mass is 16.3. The third-order valence-electron chi connectivity index (χ3n) is 6.08. The molecule has 0 aromatic carbocycles. The van der Waals surface area contributed by atoms with Crippen molar-refractivity contribution in [3.63, 3.8) is 0 Å². The Morgan fingerprint density at radius 1 is 0.950 bits per heavy atom. The highest BCUT2D eigenvalue weighted by Crippen LogP contribution is 2.39. The first-order valence-corrected chi connectivity index (χ1v) is 9.02. The first-order valence-electron chi connectivity index (χ1n) is 9.02. The molecule has 1 aliphatic rings. The van der Waals surface area contributed by atoms with E-state index < -0.39 is 0 Å². The van der Waals surface area contributed by atoms with Crippen LogP contribution in [0.25, 0.3) is 0 Å². The van der Waals surface area contributed by atoms with E-state index >= 15 is 0 Å². The Morgan fingerprint density at radius 3 is 1.80 bits per heavy atom. The molecular weight excluding hydrogens is 246 g/mol. The van der Waals surface area contributed by atoms with E-state index in [-0.39, 0.29) is 11.6 Å². The summed E-state index contributed by atoms with van der Waals surface area (Å²) < 4.78 is 0. The monoisotopic (exact) mass is 283 g/mol. The van der Waals surface area contributed by atoms with Crippen LogP contribution >= 0.6 is 0 Å². The quantitative estimate of drug-likeness (QED) is 0.710. The van der Waals surface area contributed by atoms with Gasteiger partial charge in [0.2, 0.25) is 0 Å². The third-order valence-corrected chi connectivity index (χ3v) is 6.08. The molecule has 2 nitrogen and oxygen atoms in total. The maximum absolute atomic E-state index is 11.1. The first-order chi connectivity index (χ1) is 9.59. The van der Waals surface area contributed by atoms with Crippen LogP contribution in [0.5, 0.6) is 0 Å². The average molecular weight is 284 g/mol. The summed E-state index contributed by atoms with van der Waals surface area (Å²) in [5.41, 5.74) is -0.00673. The van der Waals surface area contributed by atoms with Gasteiger partial charge in [-0.3, -0.25) is 4.90 Å². The molecule has 1 N–H and O–H groups in total. The van der Waals surface area contributed by atoms with Crippen LogP contribution in [0.15, 0.2) is 0 Å². The standard InChI is InChI=1S/C18H37NO/c1-6-15-11-13-16(14-12-15)17(20)18(7-2,8-3)19(9-4)10-5/h15-17,20H,6-14H2,1-5H3. The molecule has 0 aliphatic heterocycles. The lowest BCUT2D eigenvalue weighted by Gasteiger charge is -2.49. The van der Waals surface area contributed by atoms with Crippen molar-refractivity contribution >= 4 is 0 Å². The van der Waals surface area contributed by atoms with Crippen LogP contribution in [0.2, 0.25) is 0 Å². The second kappa shape index (κ2) is 8.38. The van der Waals surface area contributed by atoms with Crippen LogP contribution in [0.4, 0.5) is 0 Å². The molecule has 0 aromatic rings. The normalized spacial score (nSPS) is 25.9. The van der Waals surface area contributed by atoms with Crippen molar-refractivity contribution in [2.45, 2.75) is 91.2 Å². The zero-order chi connectivity index (χ0) is 15.2. The predicted molar refractivity (Wildman–Crippen MR) is 88.0 cm³/mol. The van der Waals surface area contributed by atoms with E-state index in [1.165, 1.54) is 32.1 Å². The van der Waals surface area contributed by atoms with E-state index in [1.54, 1.807) is 0 Å². The lowest BCUT2D eigenvalue weighted by molar-refractivity contribution is -0.0740. The van der Waals surface area contributed by atoms with Gasteiger partial charge in [-0.2, -0.15) is 0 Å². The maximum atomic E-state index is 11.1. The second-order valence-electron chi connectivity index (χ2n) is 6.62. The van der Waals surface area contributed by atoms with Crippen LogP contribution in [0, 0.1) is 11.8 Å². The molecule has 1 fully saturated rings. The van der Waals surface area contributed by atoms with Crippen molar-refractivity contribution in [3.8, 4) is 0 Å². The SMILES string of the molecule is CCC1CCC(C(O)C(CC)(CC)N(CC)CC)CC1. The fourth-order valence-corrected chi connectivity index (χ4v) is 4.51. The fraction of sp³-hybridized carbons (Fsp3) is 1.00. The Labute approximate surface area is 126 Å². The van der Waals surface area contributed by atoms with Gasteiger partial charge in [-0.15, -0.1) is 0 Å². The molecule has 1 rings (SSSR count). The van der Waals surface area contributed by atoms with Gasteiger partial charge >= 0.3 is 0 Å². The molecule has 1 aliphatic carbocycles. The minimum absolute atomic E-state index is 0.00673. The summed E-state index contributed by atoms with van der Waals surface area (Å²) in [6.45, 7) is 13.3.